The Morgan fingerprint density at radius 3 is 2.58 bits per heavy atom. The van der Waals surface area contributed by atoms with Gasteiger partial charge in [-0.1, -0.05) is 40.0 Å². The SMILES string of the molecule is CCNC(CC(C)C)C1CCOC2(CCCCC2)C1. The van der Waals surface area contributed by atoms with Crippen molar-refractivity contribution < 1.29 is 4.74 Å². The Hall–Kier alpha value is -0.0800. The van der Waals surface area contributed by atoms with Crippen molar-refractivity contribution in [3.8, 4) is 0 Å². The fraction of sp³-hybridized carbons (Fsp3) is 1.00. The van der Waals surface area contributed by atoms with Crippen LogP contribution in [0.5, 0.6) is 0 Å². The summed E-state index contributed by atoms with van der Waals surface area (Å²) in [5.41, 5.74) is 0.256. The van der Waals surface area contributed by atoms with Gasteiger partial charge in [-0.3, -0.25) is 0 Å². The Balaban J connectivity index is 1.97. The summed E-state index contributed by atoms with van der Waals surface area (Å²) in [6, 6.07) is 0.702. The summed E-state index contributed by atoms with van der Waals surface area (Å²) >= 11 is 0. The normalized spacial score (nSPS) is 28.7. The zero-order chi connectivity index (χ0) is 13.7. The standard InChI is InChI=1S/C17H33NO/c1-4-18-16(12-14(2)3)15-8-11-19-17(13-15)9-6-5-7-10-17/h14-16,18H,4-13H2,1-3H3. The van der Waals surface area contributed by atoms with E-state index in [1.54, 1.807) is 0 Å². The quantitative estimate of drug-likeness (QED) is 0.808. The number of ether oxygens (including phenoxy) is 1. The van der Waals surface area contributed by atoms with Gasteiger partial charge in [-0.25, -0.2) is 0 Å². The van der Waals surface area contributed by atoms with Crippen molar-refractivity contribution in [1.29, 1.82) is 0 Å². The van der Waals surface area contributed by atoms with Crippen LogP contribution in [-0.2, 0) is 4.74 Å². The molecule has 2 rings (SSSR count). The Kier molecular flexibility index (Phi) is 5.70. The lowest BCUT2D eigenvalue weighted by Crippen LogP contribution is -2.48. The Morgan fingerprint density at radius 2 is 1.95 bits per heavy atom. The largest absolute Gasteiger partial charge is 0.375 e. The van der Waals surface area contributed by atoms with Crippen LogP contribution in [0.2, 0.25) is 0 Å². The smallest absolute Gasteiger partial charge is 0.0685 e. The van der Waals surface area contributed by atoms with Crippen molar-refractivity contribution in [3.63, 3.8) is 0 Å². The molecule has 0 aromatic heterocycles. The molecule has 2 unspecified atom stereocenters. The molecule has 1 spiro atoms. The fourth-order valence-electron chi connectivity index (χ4n) is 4.17. The van der Waals surface area contributed by atoms with Crippen LogP contribution in [0.25, 0.3) is 0 Å². The minimum Gasteiger partial charge on any atom is -0.375 e. The van der Waals surface area contributed by atoms with E-state index >= 15 is 0 Å². The van der Waals surface area contributed by atoms with Gasteiger partial charge in [0.25, 0.3) is 0 Å². The van der Waals surface area contributed by atoms with Gasteiger partial charge in [0.15, 0.2) is 0 Å². The molecule has 0 aromatic rings. The van der Waals surface area contributed by atoms with E-state index in [9.17, 15) is 0 Å². The van der Waals surface area contributed by atoms with Gasteiger partial charge in [-0.15, -0.1) is 0 Å². The first-order chi connectivity index (χ1) is 9.15. The Morgan fingerprint density at radius 1 is 1.21 bits per heavy atom. The molecule has 1 aliphatic heterocycles. The molecular weight excluding hydrogens is 234 g/mol. The van der Waals surface area contributed by atoms with Gasteiger partial charge in [0.2, 0.25) is 0 Å². The molecule has 2 nitrogen and oxygen atoms in total. The van der Waals surface area contributed by atoms with Crippen molar-refractivity contribution in [3.05, 3.63) is 0 Å². The summed E-state index contributed by atoms with van der Waals surface area (Å²) in [6.07, 6.45) is 10.7. The summed E-state index contributed by atoms with van der Waals surface area (Å²) in [5.74, 6) is 1.61. The van der Waals surface area contributed by atoms with Crippen LogP contribution in [0.1, 0.15) is 72.1 Å². The van der Waals surface area contributed by atoms with E-state index in [-0.39, 0.29) is 5.60 Å². The zero-order valence-electron chi connectivity index (χ0n) is 13.2. The Labute approximate surface area is 119 Å². The molecule has 0 aromatic carbocycles. The van der Waals surface area contributed by atoms with Gasteiger partial charge in [0.1, 0.15) is 0 Å². The molecule has 1 saturated carbocycles. The molecule has 2 aliphatic rings. The molecule has 0 bridgehead atoms. The molecule has 1 heterocycles. The molecule has 1 saturated heterocycles. The topological polar surface area (TPSA) is 21.3 Å². The zero-order valence-corrected chi connectivity index (χ0v) is 13.2. The molecule has 2 heteroatoms. The predicted molar refractivity (Wildman–Crippen MR) is 81.4 cm³/mol. The highest BCUT2D eigenvalue weighted by Gasteiger charge is 2.40. The molecule has 2 fully saturated rings. The number of nitrogens with one attached hydrogen (secondary N) is 1. The van der Waals surface area contributed by atoms with Crippen LogP contribution in [0.3, 0.4) is 0 Å². The van der Waals surface area contributed by atoms with Crippen LogP contribution in [-0.4, -0.2) is 24.8 Å². The van der Waals surface area contributed by atoms with E-state index in [4.69, 9.17) is 4.74 Å². The molecule has 1 N–H and O–H groups in total. The third-order valence-electron chi connectivity index (χ3n) is 5.06. The van der Waals surface area contributed by atoms with Crippen LogP contribution in [0.4, 0.5) is 0 Å². The van der Waals surface area contributed by atoms with Crippen molar-refractivity contribution >= 4 is 0 Å². The maximum atomic E-state index is 6.24. The van der Waals surface area contributed by atoms with E-state index < -0.39 is 0 Å². The molecule has 2 atom stereocenters. The minimum atomic E-state index is 0.256. The molecular formula is C17H33NO. The van der Waals surface area contributed by atoms with E-state index in [2.05, 4.69) is 26.1 Å². The van der Waals surface area contributed by atoms with Crippen molar-refractivity contribution in [1.82, 2.24) is 5.32 Å². The average molecular weight is 267 g/mol. The first kappa shape index (κ1) is 15.3. The maximum Gasteiger partial charge on any atom is 0.0685 e. The number of rotatable bonds is 5. The van der Waals surface area contributed by atoms with E-state index in [0.29, 0.717) is 6.04 Å². The van der Waals surface area contributed by atoms with Crippen molar-refractivity contribution in [2.75, 3.05) is 13.2 Å². The molecule has 1 aliphatic carbocycles. The lowest BCUT2D eigenvalue weighted by atomic mass is 9.73. The van der Waals surface area contributed by atoms with E-state index in [1.807, 2.05) is 0 Å². The second kappa shape index (κ2) is 7.08. The summed E-state index contributed by atoms with van der Waals surface area (Å²) in [7, 11) is 0. The predicted octanol–water partition coefficient (Wildman–Crippen LogP) is 4.14. The van der Waals surface area contributed by atoms with Gasteiger partial charge >= 0.3 is 0 Å². The third-order valence-corrected chi connectivity index (χ3v) is 5.06. The van der Waals surface area contributed by atoms with Gasteiger partial charge in [-0.05, 0) is 50.5 Å². The lowest BCUT2D eigenvalue weighted by Gasteiger charge is -2.46. The summed E-state index contributed by atoms with van der Waals surface area (Å²) in [5, 5.41) is 3.75. The second-order valence-electron chi connectivity index (χ2n) is 7.14. The highest BCUT2D eigenvalue weighted by Crippen LogP contribution is 2.42. The fourth-order valence-corrected chi connectivity index (χ4v) is 4.17. The molecule has 112 valence electrons. The van der Waals surface area contributed by atoms with Crippen LogP contribution in [0, 0.1) is 11.8 Å². The molecule has 19 heavy (non-hydrogen) atoms. The van der Waals surface area contributed by atoms with Gasteiger partial charge in [-0.2, -0.15) is 0 Å². The highest BCUT2D eigenvalue weighted by atomic mass is 16.5. The maximum absolute atomic E-state index is 6.24. The van der Waals surface area contributed by atoms with Gasteiger partial charge < -0.3 is 10.1 Å². The third kappa shape index (κ3) is 4.19. The highest BCUT2D eigenvalue weighted by molar-refractivity contribution is 4.93. The number of hydrogen-bond donors (Lipinski definition) is 1. The van der Waals surface area contributed by atoms with Gasteiger partial charge in [0, 0.05) is 12.6 Å². The Bertz CT molecular complexity index is 252. The van der Waals surface area contributed by atoms with Crippen molar-refractivity contribution in [2.45, 2.75) is 83.8 Å². The summed E-state index contributed by atoms with van der Waals surface area (Å²) in [6.45, 7) is 9.02. The summed E-state index contributed by atoms with van der Waals surface area (Å²) in [4.78, 5) is 0. The summed E-state index contributed by atoms with van der Waals surface area (Å²) < 4.78 is 6.24. The first-order valence-electron chi connectivity index (χ1n) is 8.52. The first-order valence-corrected chi connectivity index (χ1v) is 8.52. The molecule has 0 amide bonds. The number of hydrogen-bond acceptors (Lipinski definition) is 2. The van der Waals surface area contributed by atoms with Crippen LogP contribution >= 0.6 is 0 Å². The minimum absolute atomic E-state index is 0.256. The van der Waals surface area contributed by atoms with Crippen molar-refractivity contribution in [2.24, 2.45) is 11.8 Å². The van der Waals surface area contributed by atoms with E-state index in [1.165, 1.54) is 51.4 Å². The molecule has 0 radical (unpaired) electrons. The second-order valence-corrected chi connectivity index (χ2v) is 7.14. The average Bonchev–Trinajstić information content (AvgIpc) is 2.39. The van der Waals surface area contributed by atoms with Gasteiger partial charge in [0.05, 0.1) is 5.60 Å². The van der Waals surface area contributed by atoms with Crippen LogP contribution in [0.15, 0.2) is 0 Å². The van der Waals surface area contributed by atoms with E-state index in [0.717, 1.165) is 25.0 Å². The van der Waals surface area contributed by atoms with Crippen LogP contribution < -0.4 is 5.32 Å². The monoisotopic (exact) mass is 267 g/mol. The lowest BCUT2D eigenvalue weighted by molar-refractivity contribution is -0.122.